The number of carbonyl (C=O) groups excluding carboxylic acids is 2. The zero-order valence-corrected chi connectivity index (χ0v) is 20.3. The number of hydrogen-bond donors (Lipinski definition) is 1. The van der Waals surface area contributed by atoms with Crippen molar-refractivity contribution < 1.29 is 14.3 Å². The van der Waals surface area contributed by atoms with E-state index >= 15 is 0 Å². The third kappa shape index (κ3) is 6.33. The monoisotopic (exact) mass is 528 g/mol. The molecule has 166 valence electrons. The van der Waals surface area contributed by atoms with Crippen molar-refractivity contribution >= 4 is 41.8 Å². The van der Waals surface area contributed by atoms with Crippen LogP contribution in [0.2, 0.25) is 0 Å². The van der Waals surface area contributed by atoms with Crippen molar-refractivity contribution in [3.8, 4) is 0 Å². The lowest BCUT2D eigenvalue weighted by atomic mass is 9.97. The fraction of sp³-hybridized carbons (Fsp3) is 0.591. The summed E-state index contributed by atoms with van der Waals surface area (Å²) in [6.45, 7) is 6.02. The van der Waals surface area contributed by atoms with Crippen LogP contribution in [0.25, 0.3) is 0 Å². The Kier molecular flexibility index (Phi) is 9.87. The number of benzene rings is 1. The van der Waals surface area contributed by atoms with Gasteiger partial charge in [0.1, 0.15) is 0 Å². The van der Waals surface area contributed by atoms with Crippen LogP contribution < -0.4 is 5.32 Å². The van der Waals surface area contributed by atoms with Gasteiger partial charge in [0.15, 0.2) is 5.96 Å². The molecule has 2 heterocycles. The molecule has 7 nitrogen and oxygen atoms in total. The van der Waals surface area contributed by atoms with Gasteiger partial charge in [0.2, 0.25) is 5.91 Å². The number of halogens is 1. The summed E-state index contributed by atoms with van der Waals surface area (Å²) < 4.78 is 5.15. The maximum atomic E-state index is 12.0. The van der Waals surface area contributed by atoms with Crippen LogP contribution in [0.4, 0.5) is 0 Å². The number of aliphatic imine (C=N–C) groups is 1. The van der Waals surface area contributed by atoms with Gasteiger partial charge in [-0.25, -0.2) is 0 Å². The number of nitrogens with zero attached hydrogens (tertiary/aromatic N) is 3. The van der Waals surface area contributed by atoms with Gasteiger partial charge < -0.3 is 19.9 Å². The maximum absolute atomic E-state index is 12.0. The first-order valence-corrected chi connectivity index (χ1v) is 10.6. The van der Waals surface area contributed by atoms with E-state index in [1.54, 1.807) is 7.05 Å². The van der Waals surface area contributed by atoms with Gasteiger partial charge in [-0.1, -0.05) is 24.3 Å². The van der Waals surface area contributed by atoms with E-state index in [9.17, 15) is 9.59 Å². The molecule has 0 unspecified atom stereocenters. The Bertz CT molecular complexity index is 748. The minimum Gasteiger partial charge on any atom is -0.466 e. The van der Waals surface area contributed by atoms with Crippen LogP contribution in [0.5, 0.6) is 0 Å². The second-order valence-electron chi connectivity index (χ2n) is 7.60. The first kappa shape index (κ1) is 24.4. The molecule has 1 N–H and O–H groups in total. The first-order chi connectivity index (χ1) is 14.1. The van der Waals surface area contributed by atoms with E-state index in [1.807, 2.05) is 24.0 Å². The lowest BCUT2D eigenvalue weighted by molar-refractivity contribution is -0.149. The molecule has 1 aromatic rings. The van der Waals surface area contributed by atoms with Gasteiger partial charge in [-0.3, -0.25) is 14.6 Å². The summed E-state index contributed by atoms with van der Waals surface area (Å²) in [7, 11) is 1.79. The highest BCUT2D eigenvalue weighted by atomic mass is 127. The van der Waals surface area contributed by atoms with Crippen molar-refractivity contribution in [2.45, 2.75) is 45.7 Å². The van der Waals surface area contributed by atoms with Crippen molar-refractivity contribution in [1.82, 2.24) is 15.1 Å². The molecule has 2 aliphatic heterocycles. The first-order valence-electron chi connectivity index (χ1n) is 10.6. The second kappa shape index (κ2) is 12.1. The van der Waals surface area contributed by atoms with Gasteiger partial charge in [0.05, 0.1) is 12.5 Å². The van der Waals surface area contributed by atoms with E-state index in [1.165, 1.54) is 11.1 Å². The summed E-state index contributed by atoms with van der Waals surface area (Å²) >= 11 is 0. The molecule has 1 amide bonds. The standard InChI is InChI=1S/C22H32N4O3.HI/c1-3-29-21(28)17-10-13-25(14-11-17)22(23-2)24-15-18-7-4-5-8-19(18)16-26-12-6-9-20(26)27;/h4-5,7-8,17H,3,6,9-16H2,1-2H3,(H,23,24);1H. The summed E-state index contributed by atoms with van der Waals surface area (Å²) in [5, 5.41) is 3.46. The van der Waals surface area contributed by atoms with Crippen LogP contribution in [-0.4, -0.2) is 60.9 Å². The summed E-state index contributed by atoms with van der Waals surface area (Å²) in [6.07, 6.45) is 3.18. The van der Waals surface area contributed by atoms with E-state index in [4.69, 9.17) is 4.74 Å². The summed E-state index contributed by atoms with van der Waals surface area (Å²) in [5.74, 6) is 0.996. The number of esters is 1. The summed E-state index contributed by atoms with van der Waals surface area (Å²) in [5.41, 5.74) is 2.35. The number of guanidine groups is 1. The lowest BCUT2D eigenvalue weighted by Crippen LogP contribution is -2.46. The Morgan fingerprint density at radius 1 is 1.20 bits per heavy atom. The molecular weight excluding hydrogens is 495 g/mol. The highest BCUT2D eigenvalue weighted by Gasteiger charge is 2.27. The molecule has 0 aromatic heterocycles. The van der Waals surface area contributed by atoms with Gasteiger partial charge in [0.25, 0.3) is 0 Å². The average molecular weight is 528 g/mol. The predicted octanol–water partition coefficient (Wildman–Crippen LogP) is 2.78. The normalized spacial score (nSPS) is 17.7. The van der Waals surface area contributed by atoms with Crippen LogP contribution in [0.15, 0.2) is 29.3 Å². The zero-order chi connectivity index (χ0) is 20.6. The number of nitrogens with one attached hydrogen (secondary N) is 1. The number of ether oxygens (including phenoxy) is 1. The number of amides is 1. The van der Waals surface area contributed by atoms with Crippen LogP contribution in [0.3, 0.4) is 0 Å². The SMILES string of the molecule is CCOC(=O)C1CCN(C(=NC)NCc2ccccc2CN2CCCC2=O)CC1.I. The van der Waals surface area contributed by atoms with Crippen LogP contribution in [0, 0.1) is 5.92 Å². The highest BCUT2D eigenvalue weighted by Crippen LogP contribution is 2.20. The van der Waals surface area contributed by atoms with Gasteiger partial charge in [-0.15, -0.1) is 24.0 Å². The van der Waals surface area contributed by atoms with E-state index in [-0.39, 0.29) is 41.8 Å². The quantitative estimate of drug-likeness (QED) is 0.266. The summed E-state index contributed by atoms with van der Waals surface area (Å²) in [6, 6.07) is 8.24. The third-order valence-corrected chi connectivity index (χ3v) is 5.71. The van der Waals surface area contributed by atoms with Crippen LogP contribution >= 0.6 is 24.0 Å². The minimum absolute atomic E-state index is 0. The Morgan fingerprint density at radius 2 is 1.90 bits per heavy atom. The Balaban J connectivity index is 0.00000320. The second-order valence-corrected chi connectivity index (χ2v) is 7.60. The lowest BCUT2D eigenvalue weighted by Gasteiger charge is -2.33. The van der Waals surface area contributed by atoms with Crippen molar-refractivity contribution in [3.05, 3.63) is 35.4 Å². The molecule has 8 heteroatoms. The largest absolute Gasteiger partial charge is 0.466 e. The number of piperidine rings is 1. The molecule has 0 radical (unpaired) electrons. The molecule has 0 saturated carbocycles. The molecule has 2 aliphatic rings. The molecule has 0 bridgehead atoms. The van der Waals surface area contributed by atoms with Crippen LogP contribution in [0.1, 0.15) is 43.7 Å². The van der Waals surface area contributed by atoms with E-state index in [0.717, 1.165) is 44.9 Å². The molecule has 2 fully saturated rings. The average Bonchev–Trinajstić information content (AvgIpc) is 3.14. The van der Waals surface area contributed by atoms with Gasteiger partial charge in [-0.05, 0) is 37.3 Å². The van der Waals surface area contributed by atoms with E-state index in [0.29, 0.717) is 26.1 Å². The fourth-order valence-electron chi connectivity index (χ4n) is 4.05. The van der Waals surface area contributed by atoms with Gasteiger partial charge >= 0.3 is 5.97 Å². The van der Waals surface area contributed by atoms with Gasteiger partial charge in [0, 0.05) is 46.2 Å². The van der Waals surface area contributed by atoms with E-state index < -0.39 is 0 Å². The highest BCUT2D eigenvalue weighted by molar-refractivity contribution is 14.0. The molecule has 0 atom stereocenters. The molecule has 1 aromatic carbocycles. The van der Waals surface area contributed by atoms with Crippen molar-refractivity contribution in [3.63, 3.8) is 0 Å². The van der Waals surface area contributed by atoms with E-state index in [2.05, 4.69) is 27.3 Å². The number of likely N-dealkylation sites (tertiary alicyclic amines) is 2. The van der Waals surface area contributed by atoms with Crippen LogP contribution in [-0.2, 0) is 27.4 Å². The smallest absolute Gasteiger partial charge is 0.309 e. The minimum atomic E-state index is -0.0829. The Hall–Kier alpha value is -1.84. The fourth-order valence-corrected chi connectivity index (χ4v) is 4.05. The number of hydrogen-bond acceptors (Lipinski definition) is 4. The Morgan fingerprint density at radius 3 is 2.50 bits per heavy atom. The van der Waals surface area contributed by atoms with Crippen molar-refractivity contribution in [2.24, 2.45) is 10.9 Å². The molecule has 0 spiro atoms. The molecule has 30 heavy (non-hydrogen) atoms. The predicted molar refractivity (Wildman–Crippen MR) is 128 cm³/mol. The molecule has 0 aliphatic carbocycles. The molecule has 3 rings (SSSR count). The van der Waals surface area contributed by atoms with Crippen molar-refractivity contribution in [2.75, 3.05) is 33.3 Å². The molecule has 2 saturated heterocycles. The maximum Gasteiger partial charge on any atom is 0.309 e. The third-order valence-electron chi connectivity index (χ3n) is 5.71. The molecular formula is C22H33IN4O3. The number of carbonyl (C=O) groups is 2. The zero-order valence-electron chi connectivity index (χ0n) is 17.9. The van der Waals surface area contributed by atoms with Gasteiger partial charge in [-0.2, -0.15) is 0 Å². The summed E-state index contributed by atoms with van der Waals surface area (Å²) in [4.78, 5) is 32.5. The number of rotatable bonds is 6. The van der Waals surface area contributed by atoms with Crippen molar-refractivity contribution in [1.29, 1.82) is 0 Å². The topological polar surface area (TPSA) is 74.2 Å². The Labute approximate surface area is 196 Å².